The van der Waals surface area contributed by atoms with Crippen molar-refractivity contribution in [1.82, 2.24) is 9.80 Å². The van der Waals surface area contributed by atoms with Crippen LogP contribution < -0.4 is 0 Å². The summed E-state index contributed by atoms with van der Waals surface area (Å²) in [7, 11) is 4.70. The van der Waals surface area contributed by atoms with Crippen molar-refractivity contribution in [1.29, 1.82) is 0 Å². The summed E-state index contributed by atoms with van der Waals surface area (Å²) in [6, 6.07) is -1.14. The Kier molecular flexibility index (Phi) is 26.2. The van der Waals surface area contributed by atoms with Crippen molar-refractivity contribution < 1.29 is 67.3 Å². The number of aliphatic hydroxyl groups excluding tert-OH is 1. The molecule has 430 valence electrons. The average molecular weight is 1070 g/mol. The van der Waals surface area contributed by atoms with Gasteiger partial charge in [-0.1, -0.05) is 77.5 Å². The van der Waals surface area contributed by atoms with Gasteiger partial charge in [0.1, 0.15) is 30.1 Å². The van der Waals surface area contributed by atoms with E-state index in [0.717, 1.165) is 44.5 Å². The van der Waals surface area contributed by atoms with Crippen molar-refractivity contribution in [2.45, 2.75) is 199 Å². The van der Waals surface area contributed by atoms with E-state index in [9.17, 15) is 34.2 Å². The predicted octanol–water partition coefficient (Wildman–Crippen LogP) is 7.71. The third-order valence-corrected chi connectivity index (χ3v) is 17.0. The van der Waals surface area contributed by atoms with E-state index in [-0.39, 0.29) is 73.9 Å². The Morgan fingerprint density at radius 3 is 2.22 bits per heavy atom. The average Bonchev–Trinajstić information content (AvgIpc) is 3.42. The number of piperidine rings is 2. The summed E-state index contributed by atoms with van der Waals surface area (Å²) in [5.74, 6) is -7.86. The molecule has 4 fully saturated rings. The Morgan fingerprint density at radius 2 is 1.51 bits per heavy atom. The van der Waals surface area contributed by atoms with Gasteiger partial charge in [-0.2, -0.15) is 0 Å². The van der Waals surface area contributed by atoms with Crippen LogP contribution in [0.15, 0.2) is 47.6 Å². The molecule has 4 heterocycles. The zero-order chi connectivity index (χ0) is 55.5. The maximum atomic E-state index is 14.7. The van der Waals surface area contributed by atoms with Gasteiger partial charge in [-0.3, -0.25) is 19.2 Å². The van der Waals surface area contributed by atoms with Crippen molar-refractivity contribution >= 4 is 29.2 Å². The number of cyclic esters (lactones) is 1. The summed E-state index contributed by atoms with van der Waals surface area (Å²) in [5.41, 5.74) is 1.27. The summed E-state index contributed by atoms with van der Waals surface area (Å²) >= 11 is 0. The minimum Gasteiger partial charge on any atom is -0.460 e. The lowest BCUT2D eigenvalue weighted by atomic mass is 9.78. The number of amides is 1. The Labute approximate surface area is 454 Å². The van der Waals surface area contributed by atoms with Gasteiger partial charge in [0, 0.05) is 65.0 Å². The number of hydrogen-bond acceptors (Lipinski definition) is 15. The first-order chi connectivity index (χ1) is 36.3. The molecule has 0 spiro atoms. The molecule has 5 aliphatic rings. The van der Waals surface area contributed by atoms with Gasteiger partial charge < -0.3 is 53.2 Å². The molecule has 1 aliphatic carbocycles. The van der Waals surface area contributed by atoms with Gasteiger partial charge in [0.25, 0.3) is 11.7 Å². The SMILES string of the molecule is COCCOC1C[C@@H]2CC[C@@H](C)[C@@](O)(O2)C(=O)C(=O)N2CCCCC2C(=O)O[C@H]([C@H](C)C[C@@H]2CC[C@@H](OCCN3CCCCC3)[C@H](OC)C2)CC(=O)[C@H](C)/C=C(\C)[C@@H](O)[C@@H](OC)C(=O)[C@H](C)C[C@H](C)/C=C/C=CC=C1C. The number of hydrogen-bond donors (Lipinski definition) is 2. The van der Waals surface area contributed by atoms with Crippen LogP contribution in [0.5, 0.6) is 0 Å². The quantitative estimate of drug-likeness (QED) is 0.0787. The molecule has 4 aliphatic heterocycles. The number of aliphatic hydroxyl groups is 2. The number of ether oxygens (including phenoxy) is 7. The van der Waals surface area contributed by atoms with Crippen molar-refractivity contribution in [2.24, 2.45) is 35.5 Å². The summed E-state index contributed by atoms with van der Waals surface area (Å²) in [5, 5.41) is 23.7. The third kappa shape index (κ3) is 18.0. The highest BCUT2D eigenvalue weighted by Crippen LogP contribution is 2.38. The second-order valence-corrected chi connectivity index (χ2v) is 23.0. The molecule has 0 aromatic heterocycles. The number of Topliss-reactive ketones (excluding diaryl/α,β-unsaturated/α-hetero) is 3. The summed E-state index contributed by atoms with van der Waals surface area (Å²) < 4.78 is 42.3. The van der Waals surface area contributed by atoms with Crippen molar-refractivity contribution in [3.63, 3.8) is 0 Å². The number of carbonyl (C=O) groups excluding carboxylic acids is 5. The number of nitrogens with zero attached hydrogens (tertiary/aromatic N) is 2. The molecule has 0 radical (unpaired) electrons. The molecule has 2 unspecified atom stereocenters. The van der Waals surface area contributed by atoms with E-state index >= 15 is 0 Å². The lowest BCUT2D eigenvalue weighted by Crippen LogP contribution is -2.61. The van der Waals surface area contributed by atoms with Gasteiger partial charge in [0.05, 0.1) is 44.2 Å². The zero-order valence-corrected chi connectivity index (χ0v) is 47.8. The number of fused-ring (bicyclic) bond motifs is 3. The van der Waals surface area contributed by atoms with E-state index in [4.69, 9.17) is 33.2 Å². The van der Waals surface area contributed by atoms with Gasteiger partial charge in [-0.15, -0.1) is 0 Å². The second-order valence-electron chi connectivity index (χ2n) is 23.0. The van der Waals surface area contributed by atoms with Crippen LogP contribution in [0.25, 0.3) is 0 Å². The predicted molar refractivity (Wildman–Crippen MR) is 290 cm³/mol. The lowest BCUT2D eigenvalue weighted by molar-refractivity contribution is -0.266. The molecule has 76 heavy (non-hydrogen) atoms. The molecule has 0 aromatic rings. The fourth-order valence-corrected chi connectivity index (χ4v) is 12.0. The van der Waals surface area contributed by atoms with Gasteiger partial charge in [0.15, 0.2) is 5.78 Å². The number of rotatable bonds is 13. The Balaban J connectivity index is 1.43. The molecular weight excluding hydrogens is 973 g/mol. The van der Waals surface area contributed by atoms with E-state index in [2.05, 4.69) is 4.90 Å². The first kappa shape index (κ1) is 63.4. The van der Waals surface area contributed by atoms with Crippen LogP contribution in [0.2, 0.25) is 0 Å². The molecule has 1 amide bonds. The topological polar surface area (TPSA) is 197 Å². The molecular formula is C60H96N2O14. The van der Waals surface area contributed by atoms with Gasteiger partial charge >= 0.3 is 5.97 Å². The molecule has 3 saturated heterocycles. The number of methoxy groups -OCH3 is 3. The van der Waals surface area contributed by atoms with Gasteiger partial charge in [0.2, 0.25) is 5.79 Å². The number of esters is 1. The van der Waals surface area contributed by atoms with Crippen molar-refractivity contribution in [3.05, 3.63) is 47.6 Å². The number of ketones is 3. The van der Waals surface area contributed by atoms with E-state index in [0.29, 0.717) is 57.3 Å². The van der Waals surface area contributed by atoms with Gasteiger partial charge in [-0.05, 0) is 133 Å². The molecule has 16 heteroatoms. The van der Waals surface area contributed by atoms with Crippen LogP contribution in [-0.4, -0.2) is 171 Å². The minimum atomic E-state index is -2.45. The Bertz CT molecular complexity index is 2000. The minimum absolute atomic E-state index is 0.00722. The van der Waals surface area contributed by atoms with Crippen LogP contribution in [0.1, 0.15) is 145 Å². The standard InChI is InChI=1S/C60H96N2O14/c1-39-19-13-11-14-20-40(2)51(74-32-31-70-8)37-47-24-22-45(7)60(69,76-47)57(66)58(67)62-28-18-15-21-48(62)59(68)75-52(38-49(63)41(3)34-44(6)55(65)56(72-10)54(64)43(5)33-39)42(4)35-46-23-25-50(53(36-46)71-9)73-30-29-61-26-16-12-17-27-61/h11,13-14,19-20,34,39,41-43,45-48,50-53,55-56,65,69H,12,15-18,21-33,35-38H2,1-10H3/b14-11?,19-13+,40-20?,44-34+/t39-,41-,42-,43-,45-,46+,47+,48?,50-,51?,52+,53-,55-,56+,60-/m1/s1. The summed E-state index contributed by atoms with van der Waals surface area (Å²) in [6.45, 7) is 17.3. The van der Waals surface area contributed by atoms with E-state index in [1.165, 1.54) is 31.3 Å². The van der Waals surface area contributed by atoms with Crippen LogP contribution in [-0.2, 0) is 57.1 Å². The zero-order valence-electron chi connectivity index (χ0n) is 47.8. The first-order valence-corrected chi connectivity index (χ1v) is 28.7. The molecule has 0 aromatic carbocycles. The van der Waals surface area contributed by atoms with Crippen LogP contribution in [0.4, 0.5) is 0 Å². The lowest BCUT2D eigenvalue weighted by Gasteiger charge is -2.43. The fourth-order valence-electron chi connectivity index (χ4n) is 12.0. The highest BCUT2D eigenvalue weighted by molar-refractivity contribution is 6.39. The third-order valence-electron chi connectivity index (χ3n) is 17.0. The van der Waals surface area contributed by atoms with Crippen molar-refractivity contribution in [2.75, 3.05) is 67.3 Å². The Morgan fingerprint density at radius 1 is 0.776 bits per heavy atom. The largest absolute Gasteiger partial charge is 0.460 e. The summed E-state index contributed by atoms with van der Waals surface area (Å²) in [4.78, 5) is 75.5. The highest BCUT2D eigenvalue weighted by atomic mass is 16.6. The van der Waals surface area contributed by atoms with Crippen LogP contribution in [0.3, 0.4) is 0 Å². The smallest absolute Gasteiger partial charge is 0.329 e. The molecule has 5 rings (SSSR count). The maximum absolute atomic E-state index is 14.7. The monoisotopic (exact) mass is 1070 g/mol. The van der Waals surface area contributed by atoms with E-state index in [1.807, 2.05) is 58.1 Å². The molecule has 16 nitrogen and oxygen atoms in total. The van der Waals surface area contributed by atoms with Crippen LogP contribution >= 0.6 is 0 Å². The van der Waals surface area contributed by atoms with E-state index in [1.54, 1.807) is 41.1 Å². The molecule has 2 N–H and O–H groups in total. The number of allylic oxidation sites excluding steroid dienone is 6. The summed E-state index contributed by atoms with van der Waals surface area (Å²) in [6.07, 6.45) is 16.3. The van der Waals surface area contributed by atoms with Gasteiger partial charge in [-0.25, -0.2) is 4.79 Å². The Hall–Kier alpha value is -3.45. The first-order valence-electron chi connectivity index (χ1n) is 28.7. The normalized spacial score (nSPS) is 36.7. The second kappa shape index (κ2) is 31.4. The van der Waals surface area contributed by atoms with Crippen molar-refractivity contribution in [3.8, 4) is 0 Å². The molecule has 2 bridgehead atoms. The number of carbonyl (C=O) groups is 5. The van der Waals surface area contributed by atoms with Crippen LogP contribution in [0, 0.1) is 35.5 Å². The van der Waals surface area contributed by atoms with E-state index < -0.39 is 77.8 Å². The molecule has 15 atom stereocenters. The highest BCUT2D eigenvalue weighted by Gasteiger charge is 2.53. The molecule has 1 saturated carbocycles. The number of likely N-dealkylation sites (tertiary alicyclic amines) is 1. The fraction of sp³-hybridized carbons (Fsp3) is 0.783. The maximum Gasteiger partial charge on any atom is 0.329 e.